The van der Waals surface area contributed by atoms with Gasteiger partial charge in [0, 0.05) is 19.2 Å². The average Bonchev–Trinajstić information content (AvgIpc) is 3.30. The SMILES string of the molecule is COc1ccc(NC(=O)C(=O)N2CCCC2c2nncn2CC(C)C)cn1. The number of likely N-dealkylation sites (tertiary alicyclic amines) is 1. The highest BCUT2D eigenvalue weighted by Crippen LogP contribution is 2.31. The van der Waals surface area contributed by atoms with Gasteiger partial charge >= 0.3 is 11.8 Å². The number of carbonyl (C=O) groups is 2. The molecular weight excluding hydrogens is 348 g/mol. The third-order valence-electron chi connectivity index (χ3n) is 4.42. The molecule has 27 heavy (non-hydrogen) atoms. The summed E-state index contributed by atoms with van der Waals surface area (Å²) in [7, 11) is 1.51. The van der Waals surface area contributed by atoms with E-state index in [2.05, 4.69) is 34.3 Å². The van der Waals surface area contributed by atoms with Crippen molar-refractivity contribution < 1.29 is 14.3 Å². The standard InChI is InChI=1S/C18H24N6O3/c1-12(2)10-23-11-20-22-16(23)14-5-4-8-24(14)18(26)17(25)21-13-6-7-15(27-3)19-9-13/h6-7,9,11-12,14H,4-5,8,10H2,1-3H3,(H,21,25). The molecule has 1 aliphatic heterocycles. The van der Waals surface area contributed by atoms with Gasteiger partial charge in [0.1, 0.15) is 6.33 Å². The zero-order valence-corrected chi connectivity index (χ0v) is 15.8. The summed E-state index contributed by atoms with van der Waals surface area (Å²) in [6.45, 7) is 5.51. The van der Waals surface area contributed by atoms with Crippen LogP contribution in [0.2, 0.25) is 0 Å². The number of nitrogens with zero attached hydrogens (tertiary/aromatic N) is 5. The number of hydrogen-bond acceptors (Lipinski definition) is 6. The molecule has 2 amide bonds. The van der Waals surface area contributed by atoms with E-state index >= 15 is 0 Å². The molecule has 2 aromatic heterocycles. The number of ether oxygens (including phenoxy) is 1. The van der Waals surface area contributed by atoms with Gasteiger partial charge in [-0.05, 0) is 24.8 Å². The number of pyridine rings is 1. The van der Waals surface area contributed by atoms with Crippen LogP contribution in [0, 0.1) is 5.92 Å². The first kappa shape index (κ1) is 18.8. The normalized spacial score (nSPS) is 16.6. The number of hydrogen-bond donors (Lipinski definition) is 1. The van der Waals surface area contributed by atoms with E-state index < -0.39 is 11.8 Å². The van der Waals surface area contributed by atoms with Crippen molar-refractivity contribution in [2.75, 3.05) is 19.0 Å². The van der Waals surface area contributed by atoms with Crippen molar-refractivity contribution >= 4 is 17.5 Å². The van der Waals surface area contributed by atoms with Gasteiger partial charge in [0.15, 0.2) is 5.82 Å². The average molecular weight is 372 g/mol. The van der Waals surface area contributed by atoms with Crippen molar-refractivity contribution in [3.63, 3.8) is 0 Å². The monoisotopic (exact) mass is 372 g/mol. The fraction of sp³-hybridized carbons (Fsp3) is 0.500. The fourth-order valence-corrected chi connectivity index (χ4v) is 3.22. The number of amides is 2. The van der Waals surface area contributed by atoms with Gasteiger partial charge in [0.05, 0.1) is 25.0 Å². The Morgan fingerprint density at radius 3 is 2.85 bits per heavy atom. The van der Waals surface area contributed by atoms with Crippen LogP contribution in [0.25, 0.3) is 0 Å². The minimum Gasteiger partial charge on any atom is -0.481 e. The lowest BCUT2D eigenvalue weighted by Gasteiger charge is -2.24. The number of methoxy groups -OCH3 is 1. The molecule has 1 saturated heterocycles. The highest BCUT2D eigenvalue weighted by molar-refractivity contribution is 6.39. The number of rotatable bonds is 5. The summed E-state index contributed by atoms with van der Waals surface area (Å²) in [6, 6.07) is 3.02. The van der Waals surface area contributed by atoms with Crippen molar-refractivity contribution in [2.24, 2.45) is 5.92 Å². The minimum absolute atomic E-state index is 0.238. The van der Waals surface area contributed by atoms with Gasteiger partial charge in [-0.25, -0.2) is 4.98 Å². The topological polar surface area (TPSA) is 102 Å². The Kier molecular flexibility index (Phi) is 5.68. The van der Waals surface area contributed by atoms with Crippen LogP contribution in [0.5, 0.6) is 5.88 Å². The zero-order chi connectivity index (χ0) is 19.4. The molecule has 0 bridgehead atoms. The van der Waals surface area contributed by atoms with Gasteiger partial charge in [0.2, 0.25) is 5.88 Å². The molecular formula is C18H24N6O3. The maximum Gasteiger partial charge on any atom is 0.313 e. The van der Waals surface area contributed by atoms with E-state index in [0.717, 1.165) is 25.2 Å². The summed E-state index contributed by atoms with van der Waals surface area (Å²) in [5.41, 5.74) is 0.438. The zero-order valence-electron chi connectivity index (χ0n) is 15.8. The van der Waals surface area contributed by atoms with E-state index in [1.807, 2.05) is 4.57 Å². The van der Waals surface area contributed by atoms with E-state index in [1.165, 1.54) is 13.3 Å². The van der Waals surface area contributed by atoms with Crippen LogP contribution in [0.15, 0.2) is 24.7 Å². The predicted octanol–water partition coefficient (Wildman–Crippen LogP) is 1.64. The molecule has 9 heteroatoms. The molecule has 0 aromatic carbocycles. The van der Waals surface area contributed by atoms with E-state index in [1.54, 1.807) is 23.4 Å². The summed E-state index contributed by atoms with van der Waals surface area (Å²) in [5, 5.41) is 10.8. The van der Waals surface area contributed by atoms with Crippen molar-refractivity contribution in [3.05, 3.63) is 30.5 Å². The van der Waals surface area contributed by atoms with Crippen LogP contribution < -0.4 is 10.1 Å². The maximum absolute atomic E-state index is 12.7. The molecule has 1 N–H and O–H groups in total. The molecule has 1 atom stereocenters. The molecule has 9 nitrogen and oxygen atoms in total. The van der Waals surface area contributed by atoms with Gasteiger partial charge in [-0.2, -0.15) is 0 Å². The van der Waals surface area contributed by atoms with Crippen LogP contribution >= 0.6 is 0 Å². The predicted molar refractivity (Wildman–Crippen MR) is 98.0 cm³/mol. The van der Waals surface area contributed by atoms with E-state index in [9.17, 15) is 9.59 Å². The summed E-state index contributed by atoms with van der Waals surface area (Å²) in [4.78, 5) is 30.7. The molecule has 2 aromatic rings. The summed E-state index contributed by atoms with van der Waals surface area (Å²) >= 11 is 0. The number of anilines is 1. The first-order valence-electron chi connectivity index (χ1n) is 8.99. The third kappa shape index (κ3) is 4.24. The largest absolute Gasteiger partial charge is 0.481 e. The molecule has 1 unspecified atom stereocenters. The molecule has 0 spiro atoms. The van der Waals surface area contributed by atoms with Crippen molar-refractivity contribution in [1.29, 1.82) is 0 Å². The van der Waals surface area contributed by atoms with E-state index in [0.29, 0.717) is 24.0 Å². The van der Waals surface area contributed by atoms with Gasteiger partial charge in [-0.15, -0.1) is 10.2 Å². The van der Waals surface area contributed by atoms with Crippen LogP contribution in [-0.2, 0) is 16.1 Å². The van der Waals surface area contributed by atoms with Crippen LogP contribution in [0.3, 0.4) is 0 Å². The van der Waals surface area contributed by atoms with Gasteiger partial charge in [-0.1, -0.05) is 13.8 Å². The van der Waals surface area contributed by atoms with Crippen LogP contribution in [0.4, 0.5) is 5.69 Å². The van der Waals surface area contributed by atoms with E-state index in [-0.39, 0.29) is 6.04 Å². The minimum atomic E-state index is -0.691. The molecule has 0 saturated carbocycles. The highest BCUT2D eigenvalue weighted by atomic mass is 16.5. The van der Waals surface area contributed by atoms with Crippen LogP contribution in [-0.4, -0.2) is 50.1 Å². The van der Waals surface area contributed by atoms with Gasteiger partial charge in [0.25, 0.3) is 0 Å². The molecule has 3 heterocycles. The lowest BCUT2D eigenvalue weighted by molar-refractivity contribution is -0.143. The Balaban J connectivity index is 1.71. The number of aromatic nitrogens is 4. The number of nitrogens with one attached hydrogen (secondary N) is 1. The first-order valence-corrected chi connectivity index (χ1v) is 8.99. The second-order valence-corrected chi connectivity index (χ2v) is 6.94. The van der Waals surface area contributed by atoms with Crippen molar-refractivity contribution in [3.8, 4) is 5.88 Å². The Morgan fingerprint density at radius 1 is 1.37 bits per heavy atom. The van der Waals surface area contributed by atoms with Gasteiger partial charge < -0.3 is 19.5 Å². The lowest BCUT2D eigenvalue weighted by atomic mass is 10.2. The maximum atomic E-state index is 12.7. The molecule has 0 radical (unpaired) electrons. The quantitative estimate of drug-likeness (QED) is 0.801. The van der Waals surface area contributed by atoms with Gasteiger partial charge in [-0.3, -0.25) is 9.59 Å². The Bertz CT molecular complexity index is 802. The molecule has 0 aliphatic carbocycles. The van der Waals surface area contributed by atoms with Crippen LogP contribution in [0.1, 0.15) is 38.6 Å². The summed E-state index contributed by atoms with van der Waals surface area (Å²) < 4.78 is 6.95. The summed E-state index contributed by atoms with van der Waals surface area (Å²) in [5.74, 6) is 0.323. The third-order valence-corrected chi connectivity index (χ3v) is 4.42. The highest BCUT2D eigenvalue weighted by Gasteiger charge is 2.36. The second kappa shape index (κ2) is 8.15. The molecule has 3 rings (SSSR count). The molecule has 1 aliphatic rings. The molecule has 1 fully saturated rings. The second-order valence-electron chi connectivity index (χ2n) is 6.94. The van der Waals surface area contributed by atoms with E-state index in [4.69, 9.17) is 4.74 Å². The Morgan fingerprint density at radius 2 is 2.19 bits per heavy atom. The Labute approximate surface area is 157 Å². The van der Waals surface area contributed by atoms with Crippen molar-refractivity contribution in [2.45, 2.75) is 39.3 Å². The first-order chi connectivity index (χ1) is 13.0. The fourth-order valence-electron chi connectivity index (χ4n) is 3.22. The smallest absolute Gasteiger partial charge is 0.313 e. The summed E-state index contributed by atoms with van der Waals surface area (Å²) in [6.07, 6.45) is 4.71. The molecule has 144 valence electrons. The lowest BCUT2D eigenvalue weighted by Crippen LogP contribution is -2.40. The van der Waals surface area contributed by atoms with Crippen molar-refractivity contribution in [1.82, 2.24) is 24.6 Å². The number of carbonyl (C=O) groups excluding carboxylic acids is 2. The Hall–Kier alpha value is -2.97.